The van der Waals surface area contributed by atoms with Crippen molar-refractivity contribution in [3.05, 3.63) is 190 Å². The van der Waals surface area contributed by atoms with Gasteiger partial charge in [0, 0.05) is 57.4 Å². The fourth-order valence-corrected chi connectivity index (χ4v) is 7.70. The molecule has 0 atom stereocenters. The van der Waals surface area contributed by atoms with Gasteiger partial charge in [-0.15, -0.1) is 0 Å². The standard InChI is InChI=1S/C21H11F3N4O3S.C15H8F2N4O.C6H4ClFO2S/c1-25-12-8-14-15(10-27-21(14)26-9-12)20(29)18-16(23)5-6-17(19(18)24)28-32(30,31)13-4-2-3-11(22)7-13;1-19-7-4-8-9(6-21-15(8)20-5-7)14(22)12-10(16)2-3-11(18)13(12)17;7-11(9,10)6-3-1-2-5(8)4-6/h2-10,28H,(H,26,27);2-6H,18H2,(H,20,21);1-4H. The van der Waals surface area contributed by atoms with E-state index < -0.39 is 87.3 Å². The summed E-state index contributed by atoms with van der Waals surface area (Å²) in [6, 6.07) is 14.8. The van der Waals surface area contributed by atoms with Crippen molar-refractivity contribution < 1.29 is 52.8 Å². The number of carbonyl (C=O) groups excluding carboxylic acids is 2. The highest BCUT2D eigenvalue weighted by atomic mass is 35.7. The second-order valence-electron chi connectivity index (χ2n) is 13.0. The maximum atomic E-state index is 15.1. The van der Waals surface area contributed by atoms with Crippen LogP contribution in [0.2, 0.25) is 0 Å². The molecule has 8 aromatic rings. The lowest BCUT2D eigenvalue weighted by atomic mass is 10.0. The van der Waals surface area contributed by atoms with E-state index in [1.807, 2.05) is 4.72 Å². The van der Waals surface area contributed by atoms with Crippen LogP contribution in [0.25, 0.3) is 31.8 Å². The molecule has 5 N–H and O–H groups in total. The third-order valence-electron chi connectivity index (χ3n) is 8.88. The van der Waals surface area contributed by atoms with E-state index in [1.165, 1.54) is 49.1 Å². The van der Waals surface area contributed by atoms with Crippen LogP contribution < -0.4 is 10.5 Å². The van der Waals surface area contributed by atoms with Gasteiger partial charge in [-0.3, -0.25) is 24.3 Å². The molecule has 0 aliphatic carbocycles. The number of rotatable bonds is 8. The number of benzene rings is 4. The van der Waals surface area contributed by atoms with Crippen molar-refractivity contribution in [3.63, 3.8) is 0 Å². The third-order valence-corrected chi connectivity index (χ3v) is 11.6. The summed E-state index contributed by atoms with van der Waals surface area (Å²) in [5.41, 5.74) is 3.42. The third kappa shape index (κ3) is 10.1. The van der Waals surface area contributed by atoms with E-state index in [4.69, 9.17) is 29.6 Å². The number of fused-ring (bicyclic) bond motifs is 2. The number of carbonyl (C=O) groups is 2. The average Bonchev–Trinajstić information content (AvgIpc) is 3.90. The Kier molecular flexibility index (Phi) is 13.4. The Labute approximate surface area is 367 Å². The van der Waals surface area contributed by atoms with E-state index in [9.17, 15) is 48.4 Å². The molecule has 4 aromatic carbocycles. The maximum absolute atomic E-state index is 15.1. The molecular formula is C42H23ClF6N8O6S2. The molecule has 0 saturated carbocycles. The molecule has 0 bridgehead atoms. The van der Waals surface area contributed by atoms with Gasteiger partial charge < -0.3 is 15.7 Å². The second kappa shape index (κ2) is 18.7. The molecule has 0 aliphatic heterocycles. The first-order valence-corrected chi connectivity index (χ1v) is 21.5. The summed E-state index contributed by atoms with van der Waals surface area (Å²) in [4.78, 5) is 44.5. The van der Waals surface area contributed by atoms with Crippen molar-refractivity contribution >= 4 is 86.1 Å². The Bertz CT molecular complexity index is 3540. The molecule has 0 unspecified atom stereocenters. The summed E-state index contributed by atoms with van der Waals surface area (Å²) < 4.78 is 131. The lowest BCUT2D eigenvalue weighted by Crippen LogP contribution is -2.16. The predicted molar refractivity (Wildman–Crippen MR) is 225 cm³/mol. The average molecular weight is 949 g/mol. The van der Waals surface area contributed by atoms with Gasteiger partial charge in [0.2, 0.25) is 22.9 Å². The SMILES string of the molecule is O=S(=O)(Cl)c1cccc(F)c1.[C-]#[N+]c1cnc2[nH]cc(C(=O)c3c(F)ccc(N)c3F)c2c1.[C-]#[N+]c1cnc2[nH]cc(C(=O)c3c(F)ccc(NS(=O)(=O)c4cccc(F)c4)c3F)c2c1. The minimum absolute atomic E-state index is 0.0244. The minimum Gasteiger partial charge on any atom is -0.396 e. The van der Waals surface area contributed by atoms with Crippen molar-refractivity contribution in [2.75, 3.05) is 10.5 Å². The van der Waals surface area contributed by atoms with Gasteiger partial charge in [-0.05, 0) is 72.8 Å². The molecule has 0 amide bonds. The first-order chi connectivity index (χ1) is 30.7. The van der Waals surface area contributed by atoms with Crippen LogP contribution in [0.15, 0.2) is 120 Å². The van der Waals surface area contributed by atoms with Crippen LogP contribution in [-0.2, 0) is 19.1 Å². The molecule has 328 valence electrons. The van der Waals surface area contributed by atoms with Gasteiger partial charge in [0.05, 0.1) is 45.4 Å². The van der Waals surface area contributed by atoms with E-state index in [2.05, 4.69) is 29.6 Å². The summed E-state index contributed by atoms with van der Waals surface area (Å²) in [5.74, 6) is -8.15. The Balaban J connectivity index is 0.000000182. The summed E-state index contributed by atoms with van der Waals surface area (Å²) in [6.45, 7) is 14.0. The van der Waals surface area contributed by atoms with E-state index in [-0.39, 0.29) is 44.1 Å². The number of hydrogen-bond donors (Lipinski definition) is 4. The number of halogens is 7. The number of nitrogens with one attached hydrogen (secondary N) is 3. The lowest BCUT2D eigenvalue weighted by molar-refractivity contribution is 0.102. The highest BCUT2D eigenvalue weighted by Gasteiger charge is 2.27. The minimum atomic E-state index is -4.42. The van der Waals surface area contributed by atoms with Gasteiger partial charge in [0.25, 0.3) is 19.1 Å². The molecule has 0 saturated heterocycles. The number of pyridine rings is 2. The van der Waals surface area contributed by atoms with Gasteiger partial charge in [-0.1, -0.05) is 12.1 Å². The van der Waals surface area contributed by atoms with E-state index >= 15 is 4.39 Å². The smallest absolute Gasteiger partial charge is 0.262 e. The van der Waals surface area contributed by atoms with Crippen LogP contribution in [0, 0.1) is 48.0 Å². The molecule has 0 aliphatic rings. The Morgan fingerprint density at radius 1 is 0.646 bits per heavy atom. The molecular weight excluding hydrogens is 926 g/mol. The summed E-state index contributed by atoms with van der Waals surface area (Å²) in [5, 5.41) is 0.493. The zero-order valence-corrected chi connectivity index (χ0v) is 34.6. The van der Waals surface area contributed by atoms with Crippen LogP contribution >= 0.6 is 10.7 Å². The van der Waals surface area contributed by atoms with Crippen LogP contribution in [0.3, 0.4) is 0 Å². The van der Waals surface area contributed by atoms with E-state index in [0.29, 0.717) is 11.0 Å². The normalized spacial score (nSPS) is 11.1. The van der Waals surface area contributed by atoms with Crippen LogP contribution in [0.5, 0.6) is 0 Å². The molecule has 23 heteroatoms. The summed E-state index contributed by atoms with van der Waals surface area (Å²) in [6.07, 6.45) is 5.09. The Morgan fingerprint density at radius 2 is 1.11 bits per heavy atom. The molecule has 65 heavy (non-hydrogen) atoms. The summed E-state index contributed by atoms with van der Waals surface area (Å²) in [7, 11) is -3.28. The fraction of sp³-hybridized carbons (Fsp3) is 0. The van der Waals surface area contributed by atoms with Crippen LogP contribution in [0.1, 0.15) is 31.8 Å². The van der Waals surface area contributed by atoms with Gasteiger partial charge in [0.1, 0.15) is 34.6 Å². The number of anilines is 2. The molecule has 0 fully saturated rings. The van der Waals surface area contributed by atoms with Crippen molar-refractivity contribution in [2.45, 2.75) is 9.79 Å². The first-order valence-electron chi connectivity index (χ1n) is 17.7. The number of nitrogens with two attached hydrogens (primary N) is 1. The summed E-state index contributed by atoms with van der Waals surface area (Å²) >= 11 is 0. The fourth-order valence-electron chi connectivity index (χ4n) is 5.82. The Hall–Kier alpha value is -8.05. The van der Waals surface area contributed by atoms with Crippen molar-refractivity contribution in [2.24, 2.45) is 0 Å². The van der Waals surface area contributed by atoms with Crippen molar-refractivity contribution in [1.82, 2.24) is 19.9 Å². The topological polar surface area (TPSA) is 207 Å². The molecule has 4 heterocycles. The zero-order valence-electron chi connectivity index (χ0n) is 32.2. The number of H-pyrrole nitrogens is 2. The van der Waals surface area contributed by atoms with E-state index in [1.54, 1.807) is 0 Å². The van der Waals surface area contributed by atoms with Gasteiger partial charge in [0.15, 0.2) is 11.6 Å². The highest BCUT2D eigenvalue weighted by molar-refractivity contribution is 8.13. The lowest BCUT2D eigenvalue weighted by Gasteiger charge is -2.12. The number of nitrogens with zero attached hydrogens (tertiary/aromatic N) is 4. The van der Waals surface area contributed by atoms with Crippen molar-refractivity contribution in [1.29, 1.82) is 0 Å². The van der Waals surface area contributed by atoms with Gasteiger partial charge >= 0.3 is 0 Å². The molecule has 0 spiro atoms. The quantitative estimate of drug-likeness (QED) is 0.0376. The Morgan fingerprint density at radius 3 is 1.57 bits per heavy atom. The molecule has 4 aromatic heterocycles. The number of hydrogen-bond acceptors (Lipinski definition) is 9. The molecule has 0 radical (unpaired) electrons. The van der Waals surface area contributed by atoms with Gasteiger partial charge in [-0.2, -0.15) is 0 Å². The molecule has 8 rings (SSSR count). The number of aromatic nitrogens is 4. The number of nitrogen functional groups attached to an aromatic ring is 1. The number of sulfonamides is 1. The van der Waals surface area contributed by atoms with E-state index in [0.717, 1.165) is 60.7 Å². The highest BCUT2D eigenvalue weighted by Crippen LogP contribution is 2.31. The number of aromatic amines is 2. The van der Waals surface area contributed by atoms with Crippen LogP contribution in [0.4, 0.5) is 49.1 Å². The van der Waals surface area contributed by atoms with Crippen molar-refractivity contribution in [3.8, 4) is 0 Å². The van der Waals surface area contributed by atoms with Crippen LogP contribution in [-0.4, -0.2) is 48.3 Å². The maximum Gasteiger partial charge on any atom is 0.262 e. The monoisotopic (exact) mass is 948 g/mol. The second-order valence-corrected chi connectivity index (χ2v) is 17.3. The zero-order chi connectivity index (χ0) is 47.4. The predicted octanol–water partition coefficient (Wildman–Crippen LogP) is 9.52. The first kappa shape index (κ1) is 46.5. The largest absolute Gasteiger partial charge is 0.396 e. The number of ketones is 2. The molecule has 14 nitrogen and oxygen atoms in total. The van der Waals surface area contributed by atoms with Gasteiger partial charge in [-0.25, -0.2) is 52.9 Å².